The highest BCUT2D eigenvalue weighted by atomic mass is 16.7. The van der Waals surface area contributed by atoms with Gasteiger partial charge in [0.25, 0.3) is 0 Å². The van der Waals surface area contributed by atoms with E-state index in [2.05, 4.69) is 5.48 Å². The largest absolute Gasteiger partial charge is 0.481 e. The summed E-state index contributed by atoms with van der Waals surface area (Å²) in [6.07, 6.45) is 2.47. The van der Waals surface area contributed by atoms with Crippen LogP contribution < -0.4 is 5.48 Å². The highest BCUT2D eigenvalue weighted by Gasteiger charge is 2.12. The number of hydroxylamine groups is 1. The lowest BCUT2D eigenvalue weighted by atomic mass is 10.2. The normalized spacial score (nSPS) is 22.6. The fourth-order valence-electron chi connectivity index (χ4n) is 0.880. The standard InChI is InChI=1S/C7H11NO3/c1-5-4-6(11-8-5)2-3-7(9)10/h4-5,8H,2-3H2,1H3,(H,9,10). The summed E-state index contributed by atoms with van der Waals surface area (Å²) < 4.78 is 0. The fraction of sp³-hybridized carbons (Fsp3) is 0.571. The lowest BCUT2D eigenvalue weighted by Gasteiger charge is -2.00. The van der Waals surface area contributed by atoms with E-state index >= 15 is 0 Å². The number of carbonyl (C=O) groups is 1. The summed E-state index contributed by atoms with van der Waals surface area (Å²) in [6.45, 7) is 1.94. The number of carboxylic acid groups (broad SMARTS) is 1. The molecule has 0 amide bonds. The van der Waals surface area contributed by atoms with Crippen LogP contribution in [0.1, 0.15) is 19.8 Å². The Balaban J connectivity index is 2.27. The van der Waals surface area contributed by atoms with Crippen molar-refractivity contribution < 1.29 is 14.7 Å². The van der Waals surface area contributed by atoms with Gasteiger partial charge in [-0.3, -0.25) is 4.79 Å². The summed E-state index contributed by atoms with van der Waals surface area (Å²) in [5.41, 5.74) is 2.71. The van der Waals surface area contributed by atoms with Crippen molar-refractivity contribution in [2.75, 3.05) is 0 Å². The fourth-order valence-corrected chi connectivity index (χ4v) is 0.880. The maximum absolute atomic E-state index is 10.1. The van der Waals surface area contributed by atoms with Crippen LogP contribution in [0.4, 0.5) is 0 Å². The third kappa shape index (κ3) is 2.59. The maximum atomic E-state index is 10.1. The van der Waals surface area contributed by atoms with Gasteiger partial charge in [0, 0.05) is 6.42 Å². The minimum atomic E-state index is -0.797. The van der Waals surface area contributed by atoms with E-state index in [4.69, 9.17) is 9.94 Å². The Kier molecular flexibility index (Phi) is 2.48. The van der Waals surface area contributed by atoms with Gasteiger partial charge in [-0.1, -0.05) is 0 Å². The summed E-state index contributed by atoms with van der Waals surface area (Å²) in [6, 6.07) is 0.193. The maximum Gasteiger partial charge on any atom is 0.303 e. The first-order chi connectivity index (χ1) is 5.18. The Morgan fingerprint density at radius 3 is 3.09 bits per heavy atom. The summed E-state index contributed by atoms with van der Waals surface area (Å²) in [5, 5.41) is 8.34. The zero-order valence-electron chi connectivity index (χ0n) is 6.33. The predicted octanol–water partition coefficient (Wildman–Crippen LogP) is 0.658. The average Bonchev–Trinajstić information content (AvgIpc) is 2.31. The van der Waals surface area contributed by atoms with Gasteiger partial charge in [-0.15, -0.1) is 0 Å². The molecule has 0 fully saturated rings. The molecule has 0 aromatic carbocycles. The van der Waals surface area contributed by atoms with Gasteiger partial charge in [-0.25, -0.2) is 0 Å². The zero-order valence-corrected chi connectivity index (χ0v) is 6.33. The van der Waals surface area contributed by atoms with E-state index < -0.39 is 5.97 Å². The molecule has 0 aromatic heterocycles. The second-order valence-corrected chi connectivity index (χ2v) is 2.54. The first-order valence-corrected chi connectivity index (χ1v) is 3.53. The van der Waals surface area contributed by atoms with Gasteiger partial charge in [-0.2, -0.15) is 5.48 Å². The molecule has 1 heterocycles. The zero-order chi connectivity index (χ0) is 8.27. The van der Waals surface area contributed by atoms with Crippen molar-refractivity contribution in [3.63, 3.8) is 0 Å². The van der Waals surface area contributed by atoms with Crippen LogP contribution in [0.3, 0.4) is 0 Å². The number of carboxylic acids is 1. The van der Waals surface area contributed by atoms with Gasteiger partial charge in [0.2, 0.25) is 0 Å². The lowest BCUT2D eigenvalue weighted by molar-refractivity contribution is -0.137. The number of hydrogen-bond acceptors (Lipinski definition) is 3. The van der Waals surface area contributed by atoms with E-state index in [0.717, 1.165) is 5.76 Å². The third-order valence-corrected chi connectivity index (χ3v) is 1.40. The van der Waals surface area contributed by atoms with Gasteiger partial charge in [0.1, 0.15) is 5.76 Å². The molecule has 0 spiro atoms. The molecule has 11 heavy (non-hydrogen) atoms. The Labute approximate surface area is 64.8 Å². The molecule has 4 heteroatoms. The van der Waals surface area contributed by atoms with Crippen LogP contribution in [-0.2, 0) is 9.63 Å². The van der Waals surface area contributed by atoms with Crippen LogP contribution in [0.2, 0.25) is 0 Å². The SMILES string of the molecule is CC1C=C(CCC(=O)O)ON1. The van der Waals surface area contributed by atoms with E-state index in [1.807, 2.05) is 13.0 Å². The molecular weight excluding hydrogens is 146 g/mol. The molecule has 0 aromatic rings. The molecule has 0 radical (unpaired) electrons. The van der Waals surface area contributed by atoms with Gasteiger partial charge >= 0.3 is 5.97 Å². The highest BCUT2D eigenvalue weighted by Crippen LogP contribution is 2.12. The molecule has 0 bridgehead atoms. The predicted molar refractivity (Wildman–Crippen MR) is 38.6 cm³/mol. The smallest absolute Gasteiger partial charge is 0.303 e. The van der Waals surface area contributed by atoms with Gasteiger partial charge < -0.3 is 9.94 Å². The quantitative estimate of drug-likeness (QED) is 0.631. The number of rotatable bonds is 3. The van der Waals surface area contributed by atoms with Crippen LogP contribution in [0.25, 0.3) is 0 Å². The number of allylic oxidation sites excluding steroid dienone is 1. The van der Waals surface area contributed by atoms with Gasteiger partial charge in [-0.05, 0) is 13.0 Å². The van der Waals surface area contributed by atoms with Crippen LogP contribution in [-0.4, -0.2) is 17.1 Å². The molecule has 1 unspecified atom stereocenters. The van der Waals surface area contributed by atoms with Crippen molar-refractivity contribution in [2.24, 2.45) is 0 Å². The summed E-state index contributed by atoms with van der Waals surface area (Å²) in [4.78, 5) is 15.1. The monoisotopic (exact) mass is 157 g/mol. The van der Waals surface area contributed by atoms with Crippen molar-refractivity contribution in [2.45, 2.75) is 25.8 Å². The molecule has 0 aliphatic carbocycles. The van der Waals surface area contributed by atoms with Crippen LogP contribution >= 0.6 is 0 Å². The van der Waals surface area contributed by atoms with Crippen molar-refractivity contribution in [3.05, 3.63) is 11.8 Å². The number of aliphatic carboxylic acids is 1. The summed E-state index contributed by atoms with van der Waals surface area (Å²) in [7, 11) is 0. The second-order valence-electron chi connectivity index (χ2n) is 2.54. The van der Waals surface area contributed by atoms with E-state index in [9.17, 15) is 4.79 Å². The number of hydrogen-bond donors (Lipinski definition) is 2. The molecule has 4 nitrogen and oxygen atoms in total. The van der Waals surface area contributed by atoms with Gasteiger partial charge in [0.15, 0.2) is 0 Å². The molecule has 0 saturated heterocycles. The summed E-state index contributed by atoms with van der Waals surface area (Å²) >= 11 is 0. The first kappa shape index (κ1) is 8.07. The molecule has 2 N–H and O–H groups in total. The molecule has 0 saturated carbocycles. The highest BCUT2D eigenvalue weighted by molar-refractivity contribution is 5.66. The first-order valence-electron chi connectivity index (χ1n) is 3.53. The van der Waals surface area contributed by atoms with Crippen LogP contribution in [0, 0.1) is 0 Å². The number of nitrogens with one attached hydrogen (secondary N) is 1. The second kappa shape index (κ2) is 3.39. The van der Waals surface area contributed by atoms with Crippen molar-refractivity contribution >= 4 is 5.97 Å². The van der Waals surface area contributed by atoms with E-state index in [-0.39, 0.29) is 12.5 Å². The van der Waals surface area contributed by atoms with E-state index in [0.29, 0.717) is 6.42 Å². The minimum Gasteiger partial charge on any atom is -0.481 e. The Morgan fingerprint density at radius 1 is 1.91 bits per heavy atom. The molecule has 1 atom stereocenters. The van der Waals surface area contributed by atoms with Crippen LogP contribution in [0.15, 0.2) is 11.8 Å². The van der Waals surface area contributed by atoms with Crippen molar-refractivity contribution in [1.82, 2.24) is 5.48 Å². The third-order valence-electron chi connectivity index (χ3n) is 1.40. The summed E-state index contributed by atoms with van der Waals surface area (Å²) in [5.74, 6) is -0.0750. The topological polar surface area (TPSA) is 58.6 Å². The average molecular weight is 157 g/mol. The van der Waals surface area contributed by atoms with Crippen molar-refractivity contribution in [1.29, 1.82) is 0 Å². The van der Waals surface area contributed by atoms with Crippen molar-refractivity contribution in [3.8, 4) is 0 Å². The minimum absolute atomic E-state index is 0.125. The Hall–Kier alpha value is -1.03. The van der Waals surface area contributed by atoms with E-state index in [1.54, 1.807) is 0 Å². The Morgan fingerprint density at radius 2 is 2.64 bits per heavy atom. The molecule has 1 rings (SSSR count). The lowest BCUT2D eigenvalue weighted by Crippen LogP contribution is -2.15. The molecular formula is C7H11NO3. The molecule has 1 aliphatic heterocycles. The van der Waals surface area contributed by atoms with Gasteiger partial charge in [0.05, 0.1) is 12.5 Å². The Bertz CT molecular complexity index is 188. The van der Waals surface area contributed by atoms with E-state index in [1.165, 1.54) is 0 Å². The van der Waals surface area contributed by atoms with Crippen LogP contribution in [0.5, 0.6) is 0 Å². The molecule has 62 valence electrons. The molecule has 1 aliphatic rings.